The first-order valence-corrected chi connectivity index (χ1v) is 12.1. The number of anilines is 1. The highest BCUT2D eigenvalue weighted by molar-refractivity contribution is 7.99. The molecule has 2 aromatic heterocycles. The predicted octanol–water partition coefficient (Wildman–Crippen LogP) is 5.38. The van der Waals surface area contributed by atoms with Crippen molar-refractivity contribution in [2.75, 3.05) is 11.1 Å². The van der Waals surface area contributed by atoms with Crippen molar-refractivity contribution in [2.45, 2.75) is 25.2 Å². The summed E-state index contributed by atoms with van der Waals surface area (Å²) >= 11 is 8.86. The molecule has 32 heavy (non-hydrogen) atoms. The summed E-state index contributed by atoms with van der Waals surface area (Å²) < 4.78 is 7.69. The molecule has 0 aliphatic carbocycles. The van der Waals surface area contributed by atoms with Gasteiger partial charge in [-0.25, -0.2) is 4.98 Å². The molecule has 4 aromatic rings. The van der Waals surface area contributed by atoms with Crippen LogP contribution in [0.25, 0.3) is 11.3 Å². The molecule has 1 amide bonds. The first-order valence-electron chi connectivity index (χ1n) is 9.87. The van der Waals surface area contributed by atoms with E-state index in [2.05, 4.69) is 20.5 Å². The molecular weight excluding hydrogens is 466 g/mol. The maximum Gasteiger partial charge on any atom is 0.236 e. The van der Waals surface area contributed by atoms with Crippen LogP contribution in [-0.2, 0) is 17.9 Å². The number of rotatable bonds is 9. The van der Waals surface area contributed by atoms with Gasteiger partial charge in [0.2, 0.25) is 5.91 Å². The normalized spacial score (nSPS) is 10.8. The molecule has 4 rings (SSSR count). The Balaban J connectivity index is 1.33. The van der Waals surface area contributed by atoms with E-state index in [1.807, 2.05) is 59.3 Å². The minimum atomic E-state index is -0.150. The standard InChI is InChI=1S/C22H20ClN5O2S2/c1-2-28-19(12-30-18-11-7-6-10-16(18)23)26-27-22(28)32-14-20(29)25-21-24-17(13-31-21)15-8-4-3-5-9-15/h3-11,13H,2,12,14H2,1H3,(H,24,25,29). The van der Waals surface area contributed by atoms with Crippen molar-refractivity contribution in [3.63, 3.8) is 0 Å². The minimum Gasteiger partial charge on any atom is -0.484 e. The highest BCUT2D eigenvalue weighted by Gasteiger charge is 2.15. The Labute approximate surface area is 198 Å². The number of aromatic nitrogens is 4. The van der Waals surface area contributed by atoms with Crippen molar-refractivity contribution < 1.29 is 9.53 Å². The fraction of sp³-hybridized carbons (Fsp3) is 0.182. The predicted molar refractivity (Wildman–Crippen MR) is 128 cm³/mol. The average Bonchev–Trinajstić information content (AvgIpc) is 3.44. The van der Waals surface area contributed by atoms with Gasteiger partial charge in [-0.05, 0) is 19.1 Å². The van der Waals surface area contributed by atoms with Gasteiger partial charge < -0.3 is 14.6 Å². The number of nitrogens with one attached hydrogen (secondary N) is 1. The number of benzene rings is 2. The minimum absolute atomic E-state index is 0.150. The van der Waals surface area contributed by atoms with Crippen LogP contribution in [0.5, 0.6) is 5.75 Å². The first kappa shape index (κ1) is 22.3. The lowest BCUT2D eigenvalue weighted by Crippen LogP contribution is -2.14. The number of halogens is 1. The number of hydrogen-bond acceptors (Lipinski definition) is 7. The Morgan fingerprint density at radius 3 is 2.72 bits per heavy atom. The second kappa shape index (κ2) is 10.6. The number of carbonyl (C=O) groups is 1. The zero-order valence-corrected chi connectivity index (χ0v) is 19.6. The zero-order chi connectivity index (χ0) is 22.3. The quantitative estimate of drug-likeness (QED) is 0.320. The average molecular weight is 486 g/mol. The zero-order valence-electron chi connectivity index (χ0n) is 17.2. The van der Waals surface area contributed by atoms with Gasteiger partial charge in [-0.1, -0.05) is 65.8 Å². The lowest BCUT2D eigenvalue weighted by molar-refractivity contribution is -0.113. The third-order valence-corrected chi connectivity index (χ3v) is 6.49. The molecule has 0 fully saturated rings. The van der Waals surface area contributed by atoms with Gasteiger partial charge in [-0.2, -0.15) is 0 Å². The molecule has 0 aliphatic rings. The molecule has 1 N–H and O–H groups in total. The summed E-state index contributed by atoms with van der Waals surface area (Å²) in [6, 6.07) is 17.1. The number of hydrogen-bond donors (Lipinski definition) is 1. The van der Waals surface area contributed by atoms with Crippen LogP contribution in [0, 0.1) is 0 Å². The van der Waals surface area contributed by atoms with Gasteiger partial charge in [0.25, 0.3) is 0 Å². The number of thiazole rings is 1. The van der Waals surface area contributed by atoms with E-state index in [0.717, 1.165) is 11.3 Å². The molecular formula is C22H20ClN5O2S2. The van der Waals surface area contributed by atoms with Crippen molar-refractivity contribution in [3.8, 4) is 17.0 Å². The second-order valence-electron chi connectivity index (χ2n) is 6.60. The molecule has 2 heterocycles. The first-order chi connectivity index (χ1) is 15.6. The molecule has 164 valence electrons. The van der Waals surface area contributed by atoms with Gasteiger partial charge in [0, 0.05) is 17.5 Å². The van der Waals surface area contributed by atoms with E-state index in [-0.39, 0.29) is 18.3 Å². The maximum atomic E-state index is 12.4. The van der Waals surface area contributed by atoms with Crippen LogP contribution in [0.3, 0.4) is 0 Å². The Morgan fingerprint density at radius 2 is 1.94 bits per heavy atom. The van der Waals surface area contributed by atoms with Crippen molar-refractivity contribution in [3.05, 3.63) is 70.8 Å². The summed E-state index contributed by atoms with van der Waals surface area (Å²) in [4.78, 5) is 16.9. The van der Waals surface area contributed by atoms with Crippen LogP contribution >= 0.6 is 34.7 Å². The van der Waals surface area contributed by atoms with Crippen LogP contribution in [0.1, 0.15) is 12.7 Å². The lowest BCUT2D eigenvalue weighted by atomic mass is 10.2. The van der Waals surface area contributed by atoms with Gasteiger partial charge in [0.1, 0.15) is 12.4 Å². The van der Waals surface area contributed by atoms with Gasteiger partial charge >= 0.3 is 0 Å². The number of ether oxygens (including phenoxy) is 1. The molecule has 0 atom stereocenters. The fourth-order valence-electron chi connectivity index (χ4n) is 2.91. The van der Waals surface area contributed by atoms with Gasteiger partial charge in [0.15, 0.2) is 16.1 Å². The highest BCUT2D eigenvalue weighted by Crippen LogP contribution is 2.26. The lowest BCUT2D eigenvalue weighted by Gasteiger charge is -2.09. The molecule has 0 aliphatic heterocycles. The molecule has 0 saturated heterocycles. The maximum absolute atomic E-state index is 12.4. The summed E-state index contributed by atoms with van der Waals surface area (Å²) in [5.74, 6) is 1.31. The van der Waals surface area contributed by atoms with Crippen molar-refractivity contribution in [1.29, 1.82) is 0 Å². The summed E-state index contributed by atoms with van der Waals surface area (Å²) in [7, 11) is 0. The molecule has 0 radical (unpaired) electrons. The topological polar surface area (TPSA) is 81.9 Å². The SMILES string of the molecule is CCn1c(COc2ccccc2Cl)nnc1SCC(=O)Nc1nc(-c2ccccc2)cs1. The van der Waals surface area contributed by atoms with E-state index in [1.54, 1.807) is 12.1 Å². The summed E-state index contributed by atoms with van der Waals surface area (Å²) in [6.45, 7) is 2.89. The smallest absolute Gasteiger partial charge is 0.236 e. The Hall–Kier alpha value is -2.88. The number of amides is 1. The van der Waals surface area contributed by atoms with E-state index in [1.165, 1.54) is 23.1 Å². The van der Waals surface area contributed by atoms with Crippen LogP contribution in [0.4, 0.5) is 5.13 Å². The van der Waals surface area contributed by atoms with Crippen LogP contribution in [-0.4, -0.2) is 31.4 Å². The van der Waals surface area contributed by atoms with Crippen molar-refractivity contribution >= 4 is 45.7 Å². The van der Waals surface area contributed by atoms with Crippen LogP contribution in [0.2, 0.25) is 5.02 Å². The Morgan fingerprint density at radius 1 is 1.16 bits per heavy atom. The monoisotopic (exact) mass is 485 g/mol. The van der Waals surface area contributed by atoms with E-state index in [4.69, 9.17) is 16.3 Å². The van der Waals surface area contributed by atoms with Gasteiger partial charge in [0.05, 0.1) is 16.5 Å². The van der Waals surface area contributed by atoms with Crippen molar-refractivity contribution in [2.24, 2.45) is 0 Å². The van der Waals surface area contributed by atoms with E-state index < -0.39 is 0 Å². The van der Waals surface area contributed by atoms with E-state index >= 15 is 0 Å². The fourth-order valence-corrected chi connectivity index (χ4v) is 4.66. The molecule has 2 aromatic carbocycles. The largest absolute Gasteiger partial charge is 0.484 e. The highest BCUT2D eigenvalue weighted by atomic mass is 35.5. The molecule has 10 heteroatoms. The number of nitrogens with zero attached hydrogens (tertiary/aromatic N) is 4. The molecule has 0 saturated carbocycles. The molecule has 0 bridgehead atoms. The van der Waals surface area contributed by atoms with Crippen LogP contribution in [0.15, 0.2) is 65.1 Å². The number of thioether (sulfide) groups is 1. The summed E-state index contributed by atoms with van der Waals surface area (Å²) in [5, 5.41) is 15.0. The Kier molecular flexibility index (Phi) is 7.41. The van der Waals surface area contributed by atoms with E-state index in [0.29, 0.717) is 33.4 Å². The third-order valence-electron chi connectivity index (χ3n) is 4.46. The summed E-state index contributed by atoms with van der Waals surface area (Å²) in [5.41, 5.74) is 1.86. The Bertz CT molecular complexity index is 1200. The molecule has 0 spiro atoms. The number of para-hydroxylation sites is 1. The third kappa shape index (κ3) is 5.48. The van der Waals surface area contributed by atoms with Crippen LogP contribution < -0.4 is 10.1 Å². The summed E-state index contributed by atoms with van der Waals surface area (Å²) in [6.07, 6.45) is 0. The van der Waals surface area contributed by atoms with Gasteiger partial charge in [-0.3, -0.25) is 4.79 Å². The van der Waals surface area contributed by atoms with Gasteiger partial charge in [-0.15, -0.1) is 21.5 Å². The van der Waals surface area contributed by atoms with E-state index in [9.17, 15) is 4.79 Å². The van der Waals surface area contributed by atoms with Crippen molar-refractivity contribution in [1.82, 2.24) is 19.7 Å². The molecule has 7 nitrogen and oxygen atoms in total. The molecule has 0 unspecified atom stereocenters. The second-order valence-corrected chi connectivity index (χ2v) is 8.81. The number of carbonyl (C=O) groups excluding carboxylic acids is 1.